The summed E-state index contributed by atoms with van der Waals surface area (Å²) >= 11 is 0. The van der Waals surface area contributed by atoms with Gasteiger partial charge >= 0.3 is 0 Å². The largest absolute Gasteiger partial charge is 0.340 e. The lowest BCUT2D eigenvalue weighted by Crippen LogP contribution is -2.50. The third-order valence-electron chi connectivity index (χ3n) is 6.37. The standard InChI is InChI=1S/C26H24FN3O4S/c27-18-7-5-9-20(15-18)35(33,34)28-19-8-6-14-29(16-19)25(31)17-30-23-12-3-1-10-21(23)26(32)22-11-2-4-13-24(22)30/h1-5,7,9-13,15,19,28H,6,8,14,16-17H2. The second kappa shape index (κ2) is 9.24. The molecule has 3 aromatic carbocycles. The molecular weight excluding hydrogens is 469 g/mol. The van der Waals surface area contributed by atoms with Crippen LogP contribution in [0.2, 0.25) is 0 Å². The first-order valence-corrected chi connectivity index (χ1v) is 12.9. The Morgan fingerprint density at radius 1 is 0.971 bits per heavy atom. The molecule has 1 aromatic heterocycles. The second-order valence-corrected chi connectivity index (χ2v) is 10.4. The van der Waals surface area contributed by atoms with Gasteiger partial charge in [0.2, 0.25) is 15.9 Å². The Labute approximate surface area is 201 Å². The Kier molecular flexibility index (Phi) is 6.12. The predicted octanol–water partition coefficient (Wildman–Crippen LogP) is 3.26. The number of rotatable bonds is 5. The zero-order valence-electron chi connectivity index (χ0n) is 18.9. The van der Waals surface area contributed by atoms with Gasteiger partial charge in [-0.25, -0.2) is 17.5 Å². The number of aromatic nitrogens is 1. The molecule has 0 aliphatic carbocycles. The molecule has 35 heavy (non-hydrogen) atoms. The number of hydrogen-bond donors (Lipinski definition) is 1. The quantitative estimate of drug-likeness (QED) is 0.432. The number of hydrogen-bond acceptors (Lipinski definition) is 4. The Balaban J connectivity index is 1.40. The van der Waals surface area contributed by atoms with Crippen molar-refractivity contribution in [3.05, 3.63) is 88.8 Å². The third kappa shape index (κ3) is 4.56. The molecule has 1 aliphatic rings. The van der Waals surface area contributed by atoms with Crippen molar-refractivity contribution < 1.29 is 17.6 Å². The number of fused-ring (bicyclic) bond motifs is 2. The van der Waals surface area contributed by atoms with Crippen molar-refractivity contribution in [2.45, 2.75) is 30.3 Å². The van der Waals surface area contributed by atoms with Gasteiger partial charge in [-0.15, -0.1) is 0 Å². The van der Waals surface area contributed by atoms with Crippen LogP contribution in [0.4, 0.5) is 4.39 Å². The fourth-order valence-electron chi connectivity index (χ4n) is 4.70. The van der Waals surface area contributed by atoms with E-state index in [2.05, 4.69) is 4.72 Å². The predicted molar refractivity (Wildman–Crippen MR) is 132 cm³/mol. The van der Waals surface area contributed by atoms with Crippen LogP contribution in [0.1, 0.15) is 12.8 Å². The minimum atomic E-state index is -3.92. The monoisotopic (exact) mass is 493 g/mol. The third-order valence-corrected chi connectivity index (χ3v) is 7.89. The number of halogens is 1. The molecule has 0 spiro atoms. The number of carbonyl (C=O) groups excluding carboxylic acids is 1. The molecule has 7 nitrogen and oxygen atoms in total. The molecule has 1 aliphatic heterocycles. The molecule has 1 fully saturated rings. The summed E-state index contributed by atoms with van der Waals surface area (Å²) < 4.78 is 43.5. The average Bonchev–Trinajstić information content (AvgIpc) is 2.86. The summed E-state index contributed by atoms with van der Waals surface area (Å²) in [4.78, 5) is 27.8. The van der Waals surface area contributed by atoms with Crippen molar-refractivity contribution in [3.63, 3.8) is 0 Å². The first kappa shape index (κ1) is 23.2. The van der Waals surface area contributed by atoms with Crippen molar-refractivity contribution in [3.8, 4) is 0 Å². The van der Waals surface area contributed by atoms with E-state index in [0.717, 1.165) is 6.07 Å². The summed E-state index contributed by atoms with van der Waals surface area (Å²) in [5, 5.41) is 1.08. The van der Waals surface area contributed by atoms with Crippen molar-refractivity contribution in [1.82, 2.24) is 14.2 Å². The minimum Gasteiger partial charge on any atom is -0.340 e. The molecule has 4 aromatic rings. The van der Waals surface area contributed by atoms with Gasteiger partial charge in [0.1, 0.15) is 12.4 Å². The summed E-state index contributed by atoms with van der Waals surface area (Å²) in [6.07, 6.45) is 1.20. The number of likely N-dealkylation sites (tertiary alicyclic amines) is 1. The molecule has 1 unspecified atom stereocenters. The smallest absolute Gasteiger partial charge is 0.242 e. The fourth-order valence-corrected chi connectivity index (χ4v) is 6.00. The van der Waals surface area contributed by atoms with Crippen LogP contribution in [0.3, 0.4) is 0 Å². The average molecular weight is 494 g/mol. The van der Waals surface area contributed by atoms with Gasteiger partial charge in [-0.3, -0.25) is 9.59 Å². The zero-order valence-corrected chi connectivity index (χ0v) is 19.7. The summed E-state index contributed by atoms with van der Waals surface area (Å²) in [5.74, 6) is -0.799. The van der Waals surface area contributed by atoms with Gasteiger partial charge in [0.05, 0.1) is 15.9 Å². The molecule has 180 valence electrons. The van der Waals surface area contributed by atoms with E-state index in [0.29, 0.717) is 41.2 Å². The molecule has 0 saturated carbocycles. The van der Waals surface area contributed by atoms with Crippen LogP contribution in [0.25, 0.3) is 21.8 Å². The van der Waals surface area contributed by atoms with Crippen LogP contribution < -0.4 is 10.2 Å². The van der Waals surface area contributed by atoms with Crippen LogP contribution >= 0.6 is 0 Å². The van der Waals surface area contributed by atoms with E-state index in [4.69, 9.17) is 0 Å². The first-order valence-electron chi connectivity index (χ1n) is 11.4. The number of carbonyl (C=O) groups is 1. The zero-order chi connectivity index (χ0) is 24.6. The molecular formula is C26H24FN3O4S. The maximum atomic E-state index is 13.5. The van der Waals surface area contributed by atoms with Gasteiger partial charge in [0.25, 0.3) is 0 Å². The number of benzene rings is 3. The number of pyridine rings is 1. The minimum absolute atomic E-state index is 0.0185. The Hall–Kier alpha value is -3.56. The second-order valence-electron chi connectivity index (χ2n) is 8.71. The molecule has 2 heterocycles. The van der Waals surface area contributed by atoms with Gasteiger partial charge in [-0.05, 0) is 55.3 Å². The number of para-hydroxylation sites is 2. The molecule has 1 saturated heterocycles. The lowest BCUT2D eigenvalue weighted by molar-refractivity contribution is -0.132. The van der Waals surface area contributed by atoms with Gasteiger partial charge in [0, 0.05) is 29.9 Å². The molecule has 1 amide bonds. The van der Waals surface area contributed by atoms with Crippen molar-refractivity contribution in [1.29, 1.82) is 0 Å². The molecule has 0 bridgehead atoms. The summed E-state index contributed by atoms with van der Waals surface area (Å²) in [6.45, 7) is 0.737. The maximum absolute atomic E-state index is 13.5. The summed E-state index contributed by atoms with van der Waals surface area (Å²) in [6, 6.07) is 18.8. The van der Waals surface area contributed by atoms with E-state index in [9.17, 15) is 22.4 Å². The van der Waals surface area contributed by atoms with Crippen LogP contribution in [-0.2, 0) is 21.4 Å². The van der Waals surface area contributed by atoms with E-state index in [1.165, 1.54) is 18.2 Å². The molecule has 1 N–H and O–H groups in total. The summed E-state index contributed by atoms with van der Waals surface area (Å²) in [7, 11) is -3.92. The van der Waals surface area contributed by atoms with Crippen LogP contribution in [0.5, 0.6) is 0 Å². The highest BCUT2D eigenvalue weighted by atomic mass is 32.2. The number of sulfonamides is 1. The lowest BCUT2D eigenvalue weighted by Gasteiger charge is -2.33. The van der Waals surface area contributed by atoms with E-state index < -0.39 is 21.9 Å². The van der Waals surface area contributed by atoms with Crippen LogP contribution in [0.15, 0.2) is 82.5 Å². The summed E-state index contributed by atoms with van der Waals surface area (Å²) in [5.41, 5.74) is 1.26. The molecule has 0 radical (unpaired) electrons. The van der Waals surface area contributed by atoms with Crippen LogP contribution in [-0.4, -0.2) is 42.9 Å². The Morgan fingerprint density at radius 2 is 1.63 bits per heavy atom. The lowest BCUT2D eigenvalue weighted by atomic mass is 10.1. The van der Waals surface area contributed by atoms with Crippen molar-refractivity contribution in [2.24, 2.45) is 0 Å². The van der Waals surface area contributed by atoms with Gasteiger partial charge < -0.3 is 9.47 Å². The molecule has 9 heteroatoms. The topological polar surface area (TPSA) is 88.5 Å². The van der Waals surface area contributed by atoms with Crippen molar-refractivity contribution >= 4 is 37.7 Å². The highest BCUT2D eigenvalue weighted by Gasteiger charge is 2.28. The van der Waals surface area contributed by atoms with E-state index in [1.807, 2.05) is 28.8 Å². The first-order chi connectivity index (χ1) is 16.8. The van der Waals surface area contributed by atoms with Crippen LogP contribution in [0, 0.1) is 5.82 Å². The Morgan fingerprint density at radius 3 is 2.29 bits per heavy atom. The normalized spacial score (nSPS) is 16.6. The van der Waals surface area contributed by atoms with Gasteiger partial charge in [-0.2, -0.15) is 0 Å². The van der Waals surface area contributed by atoms with E-state index in [-0.39, 0.29) is 29.3 Å². The number of piperidine rings is 1. The highest BCUT2D eigenvalue weighted by molar-refractivity contribution is 7.89. The molecule has 1 atom stereocenters. The molecule has 5 rings (SSSR count). The number of nitrogens with zero attached hydrogens (tertiary/aromatic N) is 2. The Bertz CT molecular complexity index is 1540. The maximum Gasteiger partial charge on any atom is 0.242 e. The fraction of sp³-hybridized carbons (Fsp3) is 0.231. The number of nitrogens with one attached hydrogen (secondary N) is 1. The van der Waals surface area contributed by atoms with E-state index >= 15 is 0 Å². The van der Waals surface area contributed by atoms with Gasteiger partial charge in [0.15, 0.2) is 5.43 Å². The van der Waals surface area contributed by atoms with E-state index in [1.54, 1.807) is 29.2 Å². The SMILES string of the molecule is O=C(Cn1c2ccccc2c(=O)c2ccccc21)N1CCCC(NS(=O)(=O)c2cccc(F)c2)C1. The van der Waals surface area contributed by atoms with Gasteiger partial charge in [-0.1, -0.05) is 30.3 Å². The highest BCUT2D eigenvalue weighted by Crippen LogP contribution is 2.21. The number of amides is 1. The van der Waals surface area contributed by atoms with Crippen molar-refractivity contribution in [2.75, 3.05) is 13.1 Å².